The van der Waals surface area contributed by atoms with Crippen molar-refractivity contribution >= 4 is 21.6 Å². The Morgan fingerprint density at radius 3 is 2.80 bits per heavy atom. The largest absolute Gasteiger partial charge is 0.321 e. The van der Waals surface area contributed by atoms with Crippen LogP contribution in [0.2, 0.25) is 0 Å². The zero-order chi connectivity index (χ0) is 11.0. The van der Waals surface area contributed by atoms with E-state index in [1.807, 2.05) is 10.6 Å². The molecule has 80 valence electrons. The molecule has 0 bridgehead atoms. The predicted molar refractivity (Wildman–Crippen MR) is 60.2 cm³/mol. The zero-order valence-electron chi connectivity index (χ0n) is 8.55. The number of nitrogens with zero attached hydrogens (tertiary/aromatic N) is 4. The van der Waals surface area contributed by atoms with E-state index in [-0.39, 0.29) is 6.04 Å². The van der Waals surface area contributed by atoms with Crippen molar-refractivity contribution in [3.63, 3.8) is 0 Å². The molecule has 0 aromatic carbocycles. The summed E-state index contributed by atoms with van der Waals surface area (Å²) in [6.45, 7) is 4.12. The fourth-order valence-electron chi connectivity index (χ4n) is 1.34. The SMILES string of the molecule is CC(C)C(N)c1nnc2c(Br)nccn12. The number of fused-ring (bicyclic) bond motifs is 1. The van der Waals surface area contributed by atoms with Gasteiger partial charge >= 0.3 is 0 Å². The highest BCUT2D eigenvalue weighted by atomic mass is 79.9. The van der Waals surface area contributed by atoms with Gasteiger partial charge in [0.15, 0.2) is 16.1 Å². The van der Waals surface area contributed by atoms with Gasteiger partial charge in [0.25, 0.3) is 0 Å². The molecule has 2 aromatic rings. The van der Waals surface area contributed by atoms with E-state index in [1.165, 1.54) is 0 Å². The molecule has 0 aliphatic carbocycles. The second-order valence-corrected chi connectivity index (χ2v) is 4.49. The molecule has 2 N–H and O–H groups in total. The maximum absolute atomic E-state index is 6.04. The molecule has 6 heteroatoms. The molecule has 2 rings (SSSR count). The quantitative estimate of drug-likeness (QED) is 0.898. The summed E-state index contributed by atoms with van der Waals surface area (Å²) in [5.74, 6) is 1.09. The Labute approximate surface area is 95.8 Å². The van der Waals surface area contributed by atoms with Gasteiger partial charge in [0, 0.05) is 12.4 Å². The van der Waals surface area contributed by atoms with Gasteiger partial charge in [-0.1, -0.05) is 13.8 Å². The number of rotatable bonds is 2. The summed E-state index contributed by atoms with van der Waals surface area (Å²) < 4.78 is 2.54. The molecule has 15 heavy (non-hydrogen) atoms. The molecule has 0 saturated carbocycles. The van der Waals surface area contributed by atoms with E-state index in [2.05, 4.69) is 45.0 Å². The van der Waals surface area contributed by atoms with Crippen LogP contribution in [0, 0.1) is 5.92 Å². The molecule has 0 fully saturated rings. The summed E-state index contributed by atoms with van der Waals surface area (Å²) in [5, 5.41) is 8.14. The third kappa shape index (κ3) is 1.74. The molecule has 2 aromatic heterocycles. The van der Waals surface area contributed by atoms with Gasteiger partial charge < -0.3 is 5.73 Å². The van der Waals surface area contributed by atoms with E-state index in [0.717, 1.165) is 5.82 Å². The highest BCUT2D eigenvalue weighted by Crippen LogP contribution is 2.20. The summed E-state index contributed by atoms with van der Waals surface area (Å²) in [4.78, 5) is 4.08. The monoisotopic (exact) mass is 269 g/mol. The Balaban J connectivity index is 2.59. The normalized spacial score (nSPS) is 13.7. The van der Waals surface area contributed by atoms with E-state index in [1.54, 1.807) is 6.20 Å². The van der Waals surface area contributed by atoms with E-state index < -0.39 is 0 Å². The Kier molecular flexibility index (Phi) is 2.70. The summed E-state index contributed by atoms with van der Waals surface area (Å²) in [5.41, 5.74) is 6.74. The van der Waals surface area contributed by atoms with E-state index in [9.17, 15) is 0 Å². The lowest BCUT2D eigenvalue weighted by molar-refractivity contribution is 0.486. The van der Waals surface area contributed by atoms with Gasteiger partial charge in [-0.2, -0.15) is 0 Å². The molecule has 0 aliphatic heterocycles. The maximum atomic E-state index is 6.04. The molecular weight excluding hydrogens is 258 g/mol. The number of nitrogens with two attached hydrogens (primary N) is 1. The Hall–Kier alpha value is -1.01. The second kappa shape index (κ2) is 3.86. The minimum atomic E-state index is -0.116. The molecule has 0 radical (unpaired) electrons. The molecule has 1 atom stereocenters. The molecule has 0 saturated heterocycles. The lowest BCUT2D eigenvalue weighted by Crippen LogP contribution is -2.19. The van der Waals surface area contributed by atoms with Crippen molar-refractivity contribution in [3.05, 3.63) is 22.8 Å². The van der Waals surface area contributed by atoms with Crippen LogP contribution in [0.15, 0.2) is 17.0 Å². The van der Waals surface area contributed by atoms with Crippen molar-refractivity contribution in [1.82, 2.24) is 19.6 Å². The van der Waals surface area contributed by atoms with Gasteiger partial charge in [-0.3, -0.25) is 4.40 Å². The average Bonchev–Trinajstić information content (AvgIpc) is 2.61. The van der Waals surface area contributed by atoms with Crippen LogP contribution in [0.5, 0.6) is 0 Å². The molecule has 5 nitrogen and oxygen atoms in total. The minimum absolute atomic E-state index is 0.116. The third-order valence-corrected chi connectivity index (χ3v) is 2.89. The first-order chi connectivity index (χ1) is 7.11. The van der Waals surface area contributed by atoms with Crippen LogP contribution in [0.3, 0.4) is 0 Å². The summed E-state index contributed by atoms with van der Waals surface area (Å²) in [6.07, 6.45) is 3.51. The van der Waals surface area contributed by atoms with Crippen LogP contribution in [-0.2, 0) is 0 Å². The lowest BCUT2D eigenvalue weighted by atomic mass is 10.1. The topological polar surface area (TPSA) is 69.1 Å². The highest BCUT2D eigenvalue weighted by molar-refractivity contribution is 9.10. The Bertz CT molecular complexity index is 478. The van der Waals surface area contributed by atoms with Gasteiger partial charge in [0.1, 0.15) is 0 Å². The van der Waals surface area contributed by atoms with Crippen LogP contribution in [0.4, 0.5) is 0 Å². The van der Waals surface area contributed by atoms with Crippen molar-refractivity contribution in [2.24, 2.45) is 11.7 Å². The zero-order valence-corrected chi connectivity index (χ0v) is 10.1. The maximum Gasteiger partial charge on any atom is 0.194 e. The fourth-order valence-corrected chi connectivity index (χ4v) is 1.73. The van der Waals surface area contributed by atoms with E-state index in [4.69, 9.17) is 5.73 Å². The van der Waals surface area contributed by atoms with Crippen LogP contribution in [0.1, 0.15) is 25.7 Å². The lowest BCUT2D eigenvalue weighted by Gasteiger charge is -2.13. The van der Waals surface area contributed by atoms with Crippen molar-refractivity contribution in [3.8, 4) is 0 Å². The fraction of sp³-hybridized carbons (Fsp3) is 0.444. The molecule has 1 unspecified atom stereocenters. The first kappa shape index (κ1) is 10.5. The average molecular weight is 270 g/mol. The standard InChI is InChI=1S/C9H12BrN5/c1-5(2)6(11)8-13-14-9-7(10)12-3-4-15(8)9/h3-6H,11H2,1-2H3. The smallest absolute Gasteiger partial charge is 0.194 e. The van der Waals surface area contributed by atoms with Gasteiger partial charge in [-0.15, -0.1) is 10.2 Å². The molecule has 2 heterocycles. The molecule has 0 spiro atoms. The minimum Gasteiger partial charge on any atom is -0.321 e. The summed E-state index contributed by atoms with van der Waals surface area (Å²) in [7, 11) is 0. The van der Waals surface area contributed by atoms with Crippen LogP contribution in [-0.4, -0.2) is 19.6 Å². The number of aromatic nitrogens is 4. The second-order valence-electron chi connectivity index (χ2n) is 3.74. The van der Waals surface area contributed by atoms with Gasteiger partial charge in [0.05, 0.1) is 6.04 Å². The van der Waals surface area contributed by atoms with Gasteiger partial charge in [-0.05, 0) is 21.8 Å². The summed E-state index contributed by atoms with van der Waals surface area (Å²) in [6, 6.07) is -0.116. The van der Waals surface area contributed by atoms with Crippen molar-refractivity contribution in [2.75, 3.05) is 0 Å². The summed E-state index contributed by atoms with van der Waals surface area (Å²) >= 11 is 3.32. The van der Waals surface area contributed by atoms with Crippen LogP contribution >= 0.6 is 15.9 Å². The van der Waals surface area contributed by atoms with Gasteiger partial charge in [-0.25, -0.2) is 4.98 Å². The van der Waals surface area contributed by atoms with Crippen molar-refractivity contribution < 1.29 is 0 Å². The Morgan fingerprint density at radius 1 is 1.40 bits per heavy atom. The van der Waals surface area contributed by atoms with Gasteiger partial charge in [0.2, 0.25) is 0 Å². The van der Waals surface area contributed by atoms with E-state index in [0.29, 0.717) is 16.2 Å². The van der Waals surface area contributed by atoms with Crippen molar-refractivity contribution in [1.29, 1.82) is 0 Å². The van der Waals surface area contributed by atoms with E-state index >= 15 is 0 Å². The molecule has 0 amide bonds. The molecule has 0 aliphatic rings. The van der Waals surface area contributed by atoms with Crippen LogP contribution < -0.4 is 5.73 Å². The first-order valence-corrected chi connectivity index (χ1v) is 5.51. The number of hydrogen-bond acceptors (Lipinski definition) is 4. The van der Waals surface area contributed by atoms with Crippen molar-refractivity contribution in [2.45, 2.75) is 19.9 Å². The predicted octanol–water partition coefficient (Wildman–Crippen LogP) is 1.54. The molecular formula is C9H12BrN5. The number of halogens is 1. The highest BCUT2D eigenvalue weighted by Gasteiger charge is 2.18. The third-order valence-electron chi connectivity index (χ3n) is 2.33. The van der Waals surface area contributed by atoms with Crippen LogP contribution in [0.25, 0.3) is 5.65 Å². The number of hydrogen-bond donors (Lipinski definition) is 1. The Morgan fingerprint density at radius 2 is 2.13 bits per heavy atom. The first-order valence-electron chi connectivity index (χ1n) is 4.72.